The highest BCUT2D eigenvalue weighted by Gasteiger charge is 2.49. The molecule has 1 fully saturated rings. The predicted molar refractivity (Wildman–Crippen MR) is 64.0 cm³/mol. The molecule has 1 saturated carbocycles. The van der Waals surface area contributed by atoms with Crippen LogP contribution in [-0.2, 0) is 11.8 Å². The molecule has 1 N–H and O–H groups in total. The van der Waals surface area contributed by atoms with E-state index in [-0.39, 0.29) is 11.3 Å². The van der Waals surface area contributed by atoms with E-state index >= 15 is 0 Å². The van der Waals surface area contributed by atoms with Crippen LogP contribution >= 0.6 is 0 Å². The summed E-state index contributed by atoms with van der Waals surface area (Å²) in [6.45, 7) is 2.33. The van der Waals surface area contributed by atoms with Crippen LogP contribution in [0.5, 0.6) is 0 Å². The minimum Gasteiger partial charge on any atom is -0.352 e. The maximum absolute atomic E-state index is 13.7. The molecule has 1 atom stereocenters. The number of hydrogen-bond donors (Lipinski definition) is 1. The lowest BCUT2D eigenvalue weighted by molar-refractivity contribution is 0.0946. The van der Waals surface area contributed by atoms with E-state index in [9.17, 15) is 9.18 Å². The first kappa shape index (κ1) is 10.8. The number of carbonyl (C=O) groups is 1. The Balaban J connectivity index is 2.02. The summed E-state index contributed by atoms with van der Waals surface area (Å²) in [4.78, 5) is 11.6. The zero-order chi connectivity index (χ0) is 12.0. The van der Waals surface area contributed by atoms with Crippen LogP contribution in [-0.4, -0.2) is 18.6 Å². The summed E-state index contributed by atoms with van der Waals surface area (Å²) in [5.41, 5.74) is 2.63. The number of amides is 1. The van der Waals surface area contributed by atoms with Gasteiger partial charge in [0, 0.05) is 17.5 Å². The van der Waals surface area contributed by atoms with Crippen LogP contribution in [0.2, 0.25) is 0 Å². The fourth-order valence-corrected chi connectivity index (χ4v) is 2.79. The average molecular weight is 233 g/mol. The van der Waals surface area contributed by atoms with Crippen LogP contribution in [0.3, 0.4) is 0 Å². The van der Waals surface area contributed by atoms with Crippen LogP contribution in [0, 0.1) is 0 Å². The van der Waals surface area contributed by atoms with Crippen LogP contribution < -0.4 is 5.32 Å². The number of nitrogens with one attached hydrogen (secondary N) is 1. The molecule has 1 unspecified atom stereocenters. The maximum Gasteiger partial charge on any atom is 0.251 e. The zero-order valence-corrected chi connectivity index (χ0v) is 9.92. The lowest BCUT2D eigenvalue weighted by atomic mass is 9.87. The quantitative estimate of drug-likeness (QED) is 0.834. The molecule has 0 bridgehead atoms. The number of halogens is 1. The van der Waals surface area contributed by atoms with Gasteiger partial charge in [0.05, 0.1) is 0 Å². The first-order valence-electron chi connectivity index (χ1n) is 6.19. The Kier molecular flexibility index (Phi) is 2.25. The molecular formula is C14H16FNO. The molecule has 3 rings (SSSR count). The molecule has 0 aromatic heterocycles. The van der Waals surface area contributed by atoms with E-state index in [0.29, 0.717) is 6.54 Å². The smallest absolute Gasteiger partial charge is 0.251 e. The molecule has 2 nitrogen and oxygen atoms in total. The first-order chi connectivity index (χ1) is 8.13. The molecule has 0 radical (unpaired) electrons. The largest absolute Gasteiger partial charge is 0.352 e. The van der Waals surface area contributed by atoms with Crippen molar-refractivity contribution in [1.82, 2.24) is 5.32 Å². The van der Waals surface area contributed by atoms with Gasteiger partial charge in [0.2, 0.25) is 0 Å². The van der Waals surface area contributed by atoms with Gasteiger partial charge in [-0.3, -0.25) is 4.79 Å². The Hall–Kier alpha value is -1.38. The summed E-state index contributed by atoms with van der Waals surface area (Å²) in [5, 5.41) is 2.82. The molecule has 0 spiro atoms. The van der Waals surface area contributed by atoms with Crippen LogP contribution in [0.25, 0.3) is 0 Å². The third-order valence-electron chi connectivity index (χ3n) is 4.15. The van der Waals surface area contributed by atoms with Crippen molar-refractivity contribution in [2.75, 3.05) is 6.54 Å². The Bertz CT molecular complexity index is 477. The van der Waals surface area contributed by atoms with Crippen LogP contribution in [0.15, 0.2) is 18.2 Å². The minimum atomic E-state index is -0.807. The summed E-state index contributed by atoms with van der Waals surface area (Å²) in [7, 11) is 0. The highest BCUT2D eigenvalue weighted by Crippen LogP contribution is 2.52. The lowest BCUT2D eigenvalue weighted by Crippen LogP contribution is -2.32. The fraction of sp³-hybridized carbons (Fsp3) is 0.500. The van der Waals surface area contributed by atoms with Gasteiger partial charge in [-0.1, -0.05) is 12.1 Å². The van der Waals surface area contributed by atoms with Gasteiger partial charge < -0.3 is 5.32 Å². The van der Waals surface area contributed by atoms with Gasteiger partial charge in [0.25, 0.3) is 5.91 Å². The predicted octanol–water partition coefficient (Wildman–Crippen LogP) is 2.36. The van der Waals surface area contributed by atoms with E-state index in [1.165, 1.54) is 0 Å². The number of carbonyl (C=O) groups excluding carboxylic acids is 1. The second-order valence-electron chi connectivity index (χ2n) is 5.15. The monoisotopic (exact) mass is 233 g/mol. The Morgan fingerprint density at radius 2 is 2.18 bits per heavy atom. The van der Waals surface area contributed by atoms with E-state index in [1.54, 1.807) is 6.92 Å². The van der Waals surface area contributed by atoms with E-state index < -0.39 is 6.17 Å². The average Bonchev–Trinajstić information content (AvgIpc) is 3.10. The number of benzene rings is 1. The minimum absolute atomic E-state index is 0.00376. The number of hydrogen-bond acceptors (Lipinski definition) is 1. The van der Waals surface area contributed by atoms with Gasteiger partial charge in [-0.25, -0.2) is 4.39 Å². The Labute approximate surface area is 100 Å². The first-order valence-corrected chi connectivity index (χ1v) is 6.19. The molecule has 2 aliphatic rings. The van der Waals surface area contributed by atoms with Gasteiger partial charge in [-0.05, 0) is 43.4 Å². The summed E-state index contributed by atoms with van der Waals surface area (Å²) >= 11 is 0. The maximum atomic E-state index is 13.7. The normalized spacial score (nSPS) is 22.6. The summed E-state index contributed by atoms with van der Waals surface area (Å²) in [5.74, 6) is -0.00376. The SMILES string of the molecule is CC(F)C1(c2ccc3c(c2)CCNC3=O)CC1. The van der Waals surface area contributed by atoms with Crippen molar-refractivity contribution in [3.05, 3.63) is 34.9 Å². The second-order valence-corrected chi connectivity index (χ2v) is 5.15. The van der Waals surface area contributed by atoms with E-state index in [1.807, 2.05) is 18.2 Å². The highest BCUT2D eigenvalue weighted by molar-refractivity contribution is 5.96. The van der Waals surface area contributed by atoms with Crippen LogP contribution in [0.4, 0.5) is 4.39 Å². The van der Waals surface area contributed by atoms with Crippen molar-refractivity contribution in [2.24, 2.45) is 0 Å². The lowest BCUT2D eigenvalue weighted by Gasteiger charge is -2.22. The van der Waals surface area contributed by atoms with Gasteiger partial charge in [0.1, 0.15) is 6.17 Å². The molecule has 3 heteroatoms. The second kappa shape index (κ2) is 3.56. The molecule has 17 heavy (non-hydrogen) atoms. The summed E-state index contributed by atoms with van der Waals surface area (Å²) in [6.07, 6.45) is 1.90. The Morgan fingerprint density at radius 1 is 1.41 bits per heavy atom. The zero-order valence-electron chi connectivity index (χ0n) is 9.92. The van der Waals surface area contributed by atoms with Crippen molar-refractivity contribution < 1.29 is 9.18 Å². The van der Waals surface area contributed by atoms with Gasteiger partial charge in [0.15, 0.2) is 0 Å². The van der Waals surface area contributed by atoms with Gasteiger partial charge in [-0.15, -0.1) is 0 Å². The molecule has 1 heterocycles. The molecular weight excluding hydrogens is 217 g/mol. The molecule has 1 aliphatic heterocycles. The molecule has 0 saturated heterocycles. The number of fused-ring (bicyclic) bond motifs is 1. The number of rotatable bonds is 2. The third-order valence-corrected chi connectivity index (χ3v) is 4.15. The van der Waals surface area contributed by atoms with E-state index in [0.717, 1.165) is 36.0 Å². The van der Waals surface area contributed by atoms with Crippen molar-refractivity contribution >= 4 is 5.91 Å². The molecule has 1 aromatic carbocycles. The van der Waals surface area contributed by atoms with Gasteiger partial charge >= 0.3 is 0 Å². The van der Waals surface area contributed by atoms with Crippen molar-refractivity contribution in [1.29, 1.82) is 0 Å². The molecule has 1 amide bonds. The number of alkyl halides is 1. The van der Waals surface area contributed by atoms with Crippen molar-refractivity contribution in [2.45, 2.75) is 37.8 Å². The highest BCUT2D eigenvalue weighted by atomic mass is 19.1. The van der Waals surface area contributed by atoms with Crippen molar-refractivity contribution in [3.8, 4) is 0 Å². The topological polar surface area (TPSA) is 29.1 Å². The Morgan fingerprint density at radius 3 is 2.82 bits per heavy atom. The van der Waals surface area contributed by atoms with Gasteiger partial charge in [-0.2, -0.15) is 0 Å². The van der Waals surface area contributed by atoms with E-state index in [4.69, 9.17) is 0 Å². The summed E-state index contributed by atoms with van der Waals surface area (Å²) < 4.78 is 13.7. The molecule has 90 valence electrons. The van der Waals surface area contributed by atoms with Crippen LogP contribution in [0.1, 0.15) is 41.3 Å². The summed E-state index contributed by atoms with van der Waals surface area (Å²) in [6, 6.07) is 5.81. The fourth-order valence-electron chi connectivity index (χ4n) is 2.79. The van der Waals surface area contributed by atoms with E-state index in [2.05, 4.69) is 5.32 Å². The van der Waals surface area contributed by atoms with Crippen molar-refractivity contribution in [3.63, 3.8) is 0 Å². The molecule has 1 aliphatic carbocycles. The third kappa shape index (κ3) is 1.56. The standard InChI is InChI=1S/C14H16FNO/c1-9(15)14(5-6-14)11-2-3-12-10(8-11)4-7-16-13(12)17/h2-3,8-9H,4-7H2,1H3,(H,16,17). The molecule has 1 aromatic rings.